The Labute approximate surface area is 122 Å². The molecule has 0 heterocycles. The Morgan fingerprint density at radius 2 is 1.70 bits per heavy atom. The molecule has 1 aliphatic rings. The van der Waals surface area contributed by atoms with E-state index in [4.69, 9.17) is 0 Å². The van der Waals surface area contributed by atoms with Gasteiger partial charge >= 0.3 is 0 Å². The van der Waals surface area contributed by atoms with Gasteiger partial charge in [0, 0.05) is 24.2 Å². The van der Waals surface area contributed by atoms with Crippen molar-refractivity contribution in [2.24, 2.45) is 10.8 Å². The van der Waals surface area contributed by atoms with Crippen molar-refractivity contribution in [1.29, 1.82) is 0 Å². The zero-order valence-corrected chi connectivity index (χ0v) is 13.0. The second-order valence-corrected chi connectivity index (χ2v) is 7.80. The van der Waals surface area contributed by atoms with Crippen LogP contribution in [0.2, 0.25) is 0 Å². The number of hydrogen-bond donors (Lipinski definition) is 3. The van der Waals surface area contributed by atoms with Crippen LogP contribution in [0.25, 0.3) is 0 Å². The number of phenols is 2. The van der Waals surface area contributed by atoms with Gasteiger partial charge in [-0.15, -0.1) is 0 Å². The van der Waals surface area contributed by atoms with Gasteiger partial charge in [-0.1, -0.05) is 33.8 Å². The predicted octanol–water partition coefficient (Wildman–Crippen LogP) is 3.79. The monoisotopic (exact) mass is 277 g/mol. The minimum atomic E-state index is 0.103. The lowest BCUT2D eigenvalue weighted by Gasteiger charge is -2.45. The number of nitrogens with one attached hydrogen (secondary N) is 1. The lowest BCUT2D eigenvalue weighted by atomic mass is 9.63. The Bertz CT molecular complexity index is 464. The molecular weight excluding hydrogens is 250 g/mol. The molecule has 1 fully saturated rings. The molecule has 0 aromatic heterocycles. The van der Waals surface area contributed by atoms with E-state index in [0.717, 1.165) is 18.4 Å². The first kappa shape index (κ1) is 15.2. The van der Waals surface area contributed by atoms with Gasteiger partial charge in [-0.3, -0.25) is 0 Å². The van der Waals surface area contributed by atoms with Gasteiger partial charge in [-0.25, -0.2) is 0 Å². The SMILES string of the molecule is CC1(C)CC(NCc2ccc(O)cc2O)CC(C)(C)C1. The van der Waals surface area contributed by atoms with Crippen LogP contribution in [-0.4, -0.2) is 16.3 Å². The summed E-state index contributed by atoms with van der Waals surface area (Å²) >= 11 is 0. The molecule has 0 aliphatic heterocycles. The van der Waals surface area contributed by atoms with Crippen molar-refractivity contribution >= 4 is 0 Å². The first-order chi connectivity index (χ1) is 9.17. The lowest BCUT2D eigenvalue weighted by molar-refractivity contribution is 0.0844. The Balaban J connectivity index is 2.00. The zero-order valence-electron chi connectivity index (χ0n) is 13.0. The second kappa shape index (κ2) is 5.28. The molecule has 0 amide bonds. The molecule has 3 nitrogen and oxygen atoms in total. The molecular formula is C17H27NO2. The van der Waals surface area contributed by atoms with E-state index in [9.17, 15) is 10.2 Å². The van der Waals surface area contributed by atoms with Gasteiger partial charge in [0.05, 0.1) is 0 Å². The highest BCUT2D eigenvalue weighted by molar-refractivity contribution is 5.38. The van der Waals surface area contributed by atoms with Crippen molar-refractivity contribution in [1.82, 2.24) is 5.32 Å². The molecule has 0 saturated heterocycles. The first-order valence-electron chi connectivity index (χ1n) is 7.41. The maximum absolute atomic E-state index is 9.83. The van der Waals surface area contributed by atoms with Crippen molar-refractivity contribution in [2.75, 3.05) is 0 Å². The van der Waals surface area contributed by atoms with Gasteiger partial charge in [0.15, 0.2) is 0 Å². The smallest absolute Gasteiger partial charge is 0.123 e. The normalized spacial score (nSPS) is 21.8. The molecule has 1 aromatic carbocycles. The number of hydrogen-bond acceptors (Lipinski definition) is 3. The number of benzene rings is 1. The van der Waals surface area contributed by atoms with Gasteiger partial charge in [0.2, 0.25) is 0 Å². The fraction of sp³-hybridized carbons (Fsp3) is 0.647. The van der Waals surface area contributed by atoms with Gasteiger partial charge in [-0.2, -0.15) is 0 Å². The zero-order chi connectivity index (χ0) is 15.0. The van der Waals surface area contributed by atoms with Crippen molar-refractivity contribution in [3.05, 3.63) is 23.8 Å². The van der Waals surface area contributed by atoms with Crippen LogP contribution in [0.1, 0.15) is 52.5 Å². The Kier molecular flexibility index (Phi) is 4.01. The quantitative estimate of drug-likeness (QED) is 0.788. The number of phenolic OH excluding ortho intramolecular Hbond substituents is 2. The van der Waals surface area contributed by atoms with Gasteiger partial charge in [0.1, 0.15) is 11.5 Å². The van der Waals surface area contributed by atoms with Crippen molar-refractivity contribution in [2.45, 2.75) is 59.5 Å². The maximum atomic E-state index is 9.83. The largest absolute Gasteiger partial charge is 0.508 e. The summed E-state index contributed by atoms with van der Waals surface area (Å²) in [5, 5.41) is 22.7. The summed E-state index contributed by atoms with van der Waals surface area (Å²) < 4.78 is 0. The highest BCUT2D eigenvalue weighted by atomic mass is 16.3. The standard InChI is InChI=1S/C17H27NO2/c1-16(2)8-13(9-17(3,4)11-16)18-10-12-5-6-14(19)7-15(12)20/h5-7,13,18-20H,8-11H2,1-4H3. The molecule has 112 valence electrons. The average molecular weight is 277 g/mol. The summed E-state index contributed by atoms with van der Waals surface area (Å²) in [6, 6.07) is 5.26. The van der Waals surface area contributed by atoms with Gasteiger partial charge in [0.25, 0.3) is 0 Å². The Morgan fingerprint density at radius 1 is 1.10 bits per heavy atom. The Hall–Kier alpha value is -1.22. The van der Waals surface area contributed by atoms with E-state index in [1.807, 2.05) is 0 Å². The third-order valence-corrected chi connectivity index (χ3v) is 4.21. The van der Waals surface area contributed by atoms with Gasteiger partial charge in [-0.05, 0) is 36.2 Å². The van der Waals surface area contributed by atoms with Crippen molar-refractivity contribution in [3.63, 3.8) is 0 Å². The highest BCUT2D eigenvalue weighted by Crippen LogP contribution is 2.45. The molecule has 0 atom stereocenters. The van der Waals surface area contributed by atoms with Crippen LogP contribution in [0.4, 0.5) is 0 Å². The number of rotatable bonds is 3. The van der Waals surface area contributed by atoms with E-state index in [1.165, 1.54) is 12.5 Å². The summed E-state index contributed by atoms with van der Waals surface area (Å²) in [6.07, 6.45) is 3.58. The maximum Gasteiger partial charge on any atom is 0.123 e. The summed E-state index contributed by atoms with van der Waals surface area (Å²) in [4.78, 5) is 0. The van der Waals surface area contributed by atoms with Crippen LogP contribution in [0, 0.1) is 10.8 Å². The van der Waals surface area contributed by atoms with E-state index in [-0.39, 0.29) is 11.5 Å². The highest BCUT2D eigenvalue weighted by Gasteiger charge is 2.38. The van der Waals surface area contributed by atoms with E-state index in [1.54, 1.807) is 12.1 Å². The molecule has 1 aromatic rings. The fourth-order valence-electron chi connectivity index (χ4n) is 3.95. The van der Waals surface area contributed by atoms with E-state index in [0.29, 0.717) is 23.4 Å². The summed E-state index contributed by atoms with van der Waals surface area (Å²) in [6.45, 7) is 9.98. The summed E-state index contributed by atoms with van der Waals surface area (Å²) in [5.74, 6) is 0.262. The topological polar surface area (TPSA) is 52.5 Å². The first-order valence-corrected chi connectivity index (χ1v) is 7.41. The molecule has 0 radical (unpaired) electrons. The van der Waals surface area contributed by atoms with Crippen LogP contribution in [0.5, 0.6) is 11.5 Å². The third-order valence-electron chi connectivity index (χ3n) is 4.21. The summed E-state index contributed by atoms with van der Waals surface area (Å²) in [5.41, 5.74) is 1.55. The molecule has 3 N–H and O–H groups in total. The molecule has 2 rings (SSSR count). The molecule has 0 unspecified atom stereocenters. The average Bonchev–Trinajstić information content (AvgIpc) is 2.23. The minimum absolute atomic E-state index is 0.103. The van der Waals surface area contributed by atoms with Crippen molar-refractivity contribution < 1.29 is 10.2 Å². The minimum Gasteiger partial charge on any atom is -0.508 e. The predicted molar refractivity (Wildman–Crippen MR) is 81.8 cm³/mol. The van der Waals surface area contributed by atoms with E-state index < -0.39 is 0 Å². The third kappa shape index (κ3) is 3.89. The van der Waals surface area contributed by atoms with Crippen LogP contribution in [0.3, 0.4) is 0 Å². The van der Waals surface area contributed by atoms with Crippen LogP contribution < -0.4 is 5.32 Å². The second-order valence-electron chi connectivity index (χ2n) is 7.80. The van der Waals surface area contributed by atoms with Crippen LogP contribution >= 0.6 is 0 Å². The lowest BCUT2D eigenvalue weighted by Crippen LogP contribution is -2.43. The van der Waals surface area contributed by atoms with E-state index >= 15 is 0 Å². The van der Waals surface area contributed by atoms with E-state index in [2.05, 4.69) is 33.0 Å². The fourth-order valence-corrected chi connectivity index (χ4v) is 3.95. The van der Waals surface area contributed by atoms with Crippen LogP contribution in [-0.2, 0) is 6.54 Å². The molecule has 20 heavy (non-hydrogen) atoms. The molecule has 1 saturated carbocycles. The van der Waals surface area contributed by atoms with Gasteiger partial charge < -0.3 is 15.5 Å². The molecule has 0 spiro atoms. The molecule has 1 aliphatic carbocycles. The van der Waals surface area contributed by atoms with Crippen LogP contribution in [0.15, 0.2) is 18.2 Å². The summed E-state index contributed by atoms with van der Waals surface area (Å²) in [7, 11) is 0. The Morgan fingerprint density at radius 3 is 2.25 bits per heavy atom. The van der Waals surface area contributed by atoms with Crippen molar-refractivity contribution in [3.8, 4) is 11.5 Å². The number of aromatic hydroxyl groups is 2. The molecule has 3 heteroatoms. The molecule has 0 bridgehead atoms.